The van der Waals surface area contributed by atoms with Gasteiger partial charge in [0.15, 0.2) is 0 Å². The molecule has 0 aliphatic rings. The molecule has 2 aromatic carbocycles. The van der Waals surface area contributed by atoms with E-state index in [1.54, 1.807) is 36.4 Å². The molecule has 0 saturated heterocycles. The normalized spacial score (nSPS) is 11.0. The van der Waals surface area contributed by atoms with Crippen molar-refractivity contribution in [3.63, 3.8) is 0 Å². The Balaban J connectivity index is 2.13. The molecule has 5 nitrogen and oxygen atoms in total. The number of sulfonamides is 1. The predicted octanol–water partition coefficient (Wildman–Crippen LogP) is 2.81. The minimum atomic E-state index is -3.88. The van der Waals surface area contributed by atoms with Crippen LogP contribution in [0.1, 0.15) is 11.1 Å². The number of carbonyl (C=O) groups is 1. The van der Waals surface area contributed by atoms with E-state index >= 15 is 0 Å². The maximum atomic E-state index is 12.1. The van der Waals surface area contributed by atoms with Gasteiger partial charge in [-0.15, -0.1) is 0 Å². The van der Waals surface area contributed by atoms with Crippen LogP contribution < -0.4 is 10.0 Å². The quantitative estimate of drug-likeness (QED) is 0.915. The number of benzene rings is 2. The van der Waals surface area contributed by atoms with Crippen molar-refractivity contribution in [3.05, 3.63) is 59.7 Å². The summed E-state index contributed by atoms with van der Waals surface area (Å²) in [4.78, 5) is 11.8. The molecule has 0 aliphatic carbocycles. The largest absolute Gasteiger partial charge is 0.333 e. The van der Waals surface area contributed by atoms with Crippen LogP contribution in [0.5, 0.6) is 0 Å². The minimum Gasteiger partial charge on any atom is -0.307 e. The van der Waals surface area contributed by atoms with Crippen molar-refractivity contribution in [2.45, 2.75) is 18.7 Å². The molecule has 21 heavy (non-hydrogen) atoms. The number of rotatable bonds is 3. The molecule has 0 aliphatic heterocycles. The van der Waals surface area contributed by atoms with Crippen molar-refractivity contribution in [1.29, 1.82) is 0 Å². The highest BCUT2D eigenvalue weighted by Gasteiger charge is 2.18. The molecule has 6 heteroatoms. The Morgan fingerprint density at radius 2 is 1.62 bits per heavy atom. The van der Waals surface area contributed by atoms with E-state index in [0.29, 0.717) is 5.69 Å². The van der Waals surface area contributed by atoms with Crippen LogP contribution in [0, 0.1) is 13.8 Å². The van der Waals surface area contributed by atoms with Crippen molar-refractivity contribution >= 4 is 21.7 Å². The molecule has 0 fully saturated rings. The first-order valence-electron chi connectivity index (χ1n) is 6.34. The zero-order valence-electron chi connectivity index (χ0n) is 11.8. The van der Waals surface area contributed by atoms with Gasteiger partial charge in [0.25, 0.3) is 10.0 Å². The Kier molecular flexibility index (Phi) is 4.28. The van der Waals surface area contributed by atoms with Crippen molar-refractivity contribution in [2.75, 3.05) is 5.32 Å². The summed E-state index contributed by atoms with van der Waals surface area (Å²) in [6.45, 7) is 3.71. The molecule has 0 bridgehead atoms. The first kappa shape index (κ1) is 15.1. The number of urea groups is 1. The van der Waals surface area contributed by atoms with E-state index in [-0.39, 0.29) is 4.90 Å². The smallest absolute Gasteiger partial charge is 0.307 e. The summed E-state index contributed by atoms with van der Waals surface area (Å²) in [5, 5.41) is 2.46. The fraction of sp³-hybridized carbons (Fsp3) is 0.133. The SMILES string of the molecule is Cc1ccc(S(=O)(=O)NC(=O)Nc2ccccc2)cc1C. The van der Waals surface area contributed by atoms with Gasteiger partial charge in [-0.2, -0.15) is 0 Å². The van der Waals surface area contributed by atoms with E-state index < -0.39 is 16.1 Å². The van der Waals surface area contributed by atoms with E-state index in [2.05, 4.69) is 5.32 Å². The van der Waals surface area contributed by atoms with E-state index in [0.717, 1.165) is 11.1 Å². The second-order valence-corrected chi connectivity index (χ2v) is 6.35. The number of para-hydroxylation sites is 1. The lowest BCUT2D eigenvalue weighted by Crippen LogP contribution is -2.34. The van der Waals surface area contributed by atoms with Crippen LogP contribution in [0.4, 0.5) is 10.5 Å². The van der Waals surface area contributed by atoms with Gasteiger partial charge in [0.2, 0.25) is 0 Å². The maximum absolute atomic E-state index is 12.1. The first-order valence-corrected chi connectivity index (χ1v) is 7.83. The van der Waals surface area contributed by atoms with Gasteiger partial charge in [0, 0.05) is 5.69 Å². The molecule has 0 radical (unpaired) electrons. The van der Waals surface area contributed by atoms with Gasteiger partial charge in [-0.05, 0) is 49.2 Å². The lowest BCUT2D eigenvalue weighted by molar-refractivity contribution is 0.256. The lowest BCUT2D eigenvalue weighted by Gasteiger charge is -2.10. The molecule has 2 rings (SSSR count). The molecule has 2 amide bonds. The minimum absolute atomic E-state index is 0.0637. The fourth-order valence-electron chi connectivity index (χ4n) is 1.74. The number of aryl methyl sites for hydroxylation is 2. The van der Waals surface area contributed by atoms with Gasteiger partial charge >= 0.3 is 6.03 Å². The summed E-state index contributed by atoms with van der Waals surface area (Å²) >= 11 is 0. The van der Waals surface area contributed by atoms with Gasteiger partial charge in [-0.3, -0.25) is 0 Å². The molecule has 0 aromatic heterocycles. The van der Waals surface area contributed by atoms with Crippen molar-refractivity contribution in [2.24, 2.45) is 0 Å². The molecular weight excluding hydrogens is 288 g/mol. The molecule has 0 saturated carbocycles. The zero-order valence-corrected chi connectivity index (χ0v) is 12.6. The van der Waals surface area contributed by atoms with Gasteiger partial charge in [-0.1, -0.05) is 24.3 Å². The third-order valence-corrected chi connectivity index (χ3v) is 4.38. The highest BCUT2D eigenvalue weighted by atomic mass is 32.2. The summed E-state index contributed by atoms with van der Waals surface area (Å²) in [7, 11) is -3.88. The Morgan fingerprint density at radius 3 is 2.24 bits per heavy atom. The summed E-state index contributed by atoms with van der Waals surface area (Å²) in [5.41, 5.74) is 2.36. The van der Waals surface area contributed by atoms with Gasteiger partial charge in [-0.25, -0.2) is 17.9 Å². The second-order valence-electron chi connectivity index (χ2n) is 4.67. The number of carbonyl (C=O) groups excluding carboxylic acids is 1. The third-order valence-electron chi connectivity index (χ3n) is 3.05. The number of hydrogen-bond acceptors (Lipinski definition) is 3. The molecule has 2 aromatic rings. The molecule has 0 unspecified atom stereocenters. The monoisotopic (exact) mass is 304 g/mol. The molecular formula is C15H16N2O3S. The zero-order chi connectivity index (χ0) is 15.5. The van der Waals surface area contributed by atoms with Crippen molar-refractivity contribution in [1.82, 2.24) is 4.72 Å². The summed E-state index contributed by atoms with van der Waals surface area (Å²) in [5.74, 6) is 0. The van der Waals surface area contributed by atoms with Crippen LogP contribution in [0.2, 0.25) is 0 Å². The van der Waals surface area contributed by atoms with Crippen LogP contribution >= 0.6 is 0 Å². The van der Waals surface area contributed by atoms with Crippen LogP contribution in [0.25, 0.3) is 0 Å². The van der Waals surface area contributed by atoms with E-state index in [1.165, 1.54) is 12.1 Å². The van der Waals surface area contributed by atoms with Crippen LogP contribution in [-0.2, 0) is 10.0 Å². The van der Waals surface area contributed by atoms with Gasteiger partial charge in [0.05, 0.1) is 4.90 Å². The van der Waals surface area contributed by atoms with Crippen LogP contribution in [-0.4, -0.2) is 14.4 Å². The lowest BCUT2D eigenvalue weighted by atomic mass is 10.1. The third kappa shape index (κ3) is 3.82. The number of nitrogens with one attached hydrogen (secondary N) is 2. The first-order chi connectivity index (χ1) is 9.88. The molecule has 0 spiro atoms. The highest BCUT2D eigenvalue weighted by molar-refractivity contribution is 7.90. The Bertz CT molecular complexity index is 756. The van der Waals surface area contributed by atoms with E-state index in [4.69, 9.17) is 0 Å². The summed E-state index contributed by atoms with van der Waals surface area (Å²) in [6.07, 6.45) is 0. The molecule has 0 atom stereocenters. The Labute approximate surface area is 124 Å². The summed E-state index contributed by atoms with van der Waals surface area (Å²) < 4.78 is 26.2. The Morgan fingerprint density at radius 1 is 0.952 bits per heavy atom. The van der Waals surface area contributed by atoms with Crippen LogP contribution in [0.3, 0.4) is 0 Å². The average Bonchev–Trinajstić information content (AvgIpc) is 2.42. The highest BCUT2D eigenvalue weighted by Crippen LogP contribution is 2.14. The average molecular weight is 304 g/mol. The maximum Gasteiger partial charge on any atom is 0.333 e. The topological polar surface area (TPSA) is 75.3 Å². The molecule has 0 heterocycles. The molecule has 2 N–H and O–H groups in total. The standard InChI is InChI=1S/C15H16N2O3S/c1-11-8-9-14(10-12(11)2)21(19,20)17-15(18)16-13-6-4-3-5-7-13/h3-10H,1-2H3,(H2,16,17,18). The Hall–Kier alpha value is -2.34. The number of hydrogen-bond donors (Lipinski definition) is 2. The van der Waals surface area contributed by atoms with Crippen molar-refractivity contribution < 1.29 is 13.2 Å². The number of anilines is 1. The summed E-state index contributed by atoms with van der Waals surface area (Å²) in [6, 6.07) is 12.5. The fourth-order valence-corrected chi connectivity index (χ4v) is 2.73. The predicted molar refractivity (Wildman–Crippen MR) is 81.7 cm³/mol. The van der Waals surface area contributed by atoms with Gasteiger partial charge in [0.1, 0.15) is 0 Å². The van der Waals surface area contributed by atoms with E-state index in [1.807, 2.05) is 18.6 Å². The van der Waals surface area contributed by atoms with Crippen LogP contribution in [0.15, 0.2) is 53.4 Å². The number of amides is 2. The van der Waals surface area contributed by atoms with Crippen molar-refractivity contribution in [3.8, 4) is 0 Å². The molecule has 110 valence electrons. The van der Waals surface area contributed by atoms with Gasteiger partial charge < -0.3 is 5.32 Å². The van der Waals surface area contributed by atoms with E-state index in [9.17, 15) is 13.2 Å². The second kappa shape index (κ2) is 5.97.